The van der Waals surface area contributed by atoms with Gasteiger partial charge in [-0.2, -0.15) is 0 Å². The third kappa shape index (κ3) is 19.0. The zero-order valence-electron chi connectivity index (χ0n) is 14.8. The number of hydrogen-bond acceptors (Lipinski definition) is 1. The van der Waals surface area contributed by atoms with Crippen molar-refractivity contribution in [1.82, 2.24) is 0 Å². The SMILES string of the molecule is [CH2]OC=CC=CC=CCCCCCCCCCCCCCC. The predicted octanol–water partition coefficient (Wildman–Crippen LogP) is 7.51. The lowest BCUT2D eigenvalue weighted by Crippen LogP contribution is -1.82. The lowest BCUT2D eigenvalue weighted by atomic mass is 10.0. The number of unbranched alkanes of at least 4 members (excludes halogenated alkanes) is 12. The second-order valence-corrected chi connectivity index (χ2v) is 5.99. The van der Waals surface area contributed by atoms with E-state index in [0.717, 1.165) is 0 Å². The molecule has 0 aliphatic heterocycles. The average molecular weight is 306 g/mol. The van der Waals surface area contributed by atoms with Crippen molar-refractivity contribution in [3.05, 3.63) is 43.8 Å². The van der Waals surface area contributed by atoms with E-state index < -0.39 is 0 Å². The van der Waals surface area contributed by atoms with E-state index >= 15 is 0 Å². The predicted molar refractivity (Wildman–Crippen MR) is 99.6 cm³/mol. The minimum absolute atomic E-state index is 1.19. The van der Waals surface area contributed by atoms with Crippen LogP contribution in [-0.2, 0) is 4.74 Å². The molecular formula is C21H37O. The highest BCUT2D eigenvalue weighted by Crippen LogP contribution is 2.12. The Balaban J connectivity index is 3.12. The van der Waals surface area contributed by atoms with Crippen LogP contribution in [0.25, 0.3) is 0 Å². The Kier molecular flexibility index (Phi) is 19.1. The molecule has 0 fully saturated rings. The number of rotatable bonds is 16. The lowest BCUT2D eigenvalue weighted by molar-refractivity contribution is 0.394. The summed E-state index contributed by atoms with van der Waals surface area (Å²) in [5, 5.41) is 0. The summed E-state index contributed by atoms with van der Waals surface area (Å²) in [4.78, 5) is 0. The molecule has 0 unspecified atom stereocenters. The van der Waals surface area contributed by atoms with Crippen molar-refractivity contribution >= 4 is 0 Å². The van der Waals surface area contributed by atoms with Gasteiger partial charge in [0.15, 0.2) is 0 Å². The second kappa shape index (κ2) is 20.0. The normalized spacial score (nSPS) is 12.1. The van der Waals surface area contributed by atoms with Crippen LogP contribution in [0, 0.1) is 7.11 Å². The first-order chi connectivity index (χ1) is 10.9. The van der Waals surface area contributed by atoms with E-state index in [1.165, 1.54) is 83.5 Å². The van der Waals surface area contributed by atoms with E-state index in [2.05, 4.69) is 30.9 Å². The van der Waals surface area contributed by atoms with E-state index in [1.54, 1.807) is 6.26 Å². The van der Waals surface area contributed by atoms with Crippen molar-refractivity contribution < 1.29 is 4.74 Å². The zero-order valence-corrected chi connectivity index (χ0v) is 14.8. The van der Waals surface area contributed by atoms with Crippen LogP contribution < -0.4 is 0 Å². The molecule has 127 valence electrons. The van der Waals surface area contributed by atoms with Gasteiger partial charge >= 0.3 is 0 Å². The minimum atomic E-state index is 1.19. The fraction of sp³-hybridized carbons (Fsp3) is 0.667. The van der Waals surface area contributed by atoms with Crippen molar-refractivity contribution in [3.8, 4) is 0 Å². The Bertz CT molecular complexity index is 276. The van der Waals surface area contributed by atoms with Crippen LogP contribution in [0.15, 0.2) is 36.6 Å². The van der Waals surface area contributed by atoms with Crippen LogP contribution in [0.2, 0.25) is 0 Å². The fourth-order valence-electron chi connectivity index (χ4n) is 2.51. The van der Waals surface area contributed by atoms with Gasteiger partial charge in [-0.1, -0.05) is 102 Å². The molecule has 22 heavy (non-hydrogen) atoms. The summed E-state index contributed by atoms with van der Waals surface area (Å²) < 4.78 is 4.56. The van der Waals surface area contributed by atoms with E-state index in [-0.39, 0.29) is 0 Å². The van der Waals surface area contributed by atoms with E-state index in [1.807, 2.05) is 18.2 Å². The van der Waals surface area contributed by atoms with Gasteiger partial charge in [-0.05, 0) is 18.9 Å². The molecule has 0 amide bonds. The molecule has 1 heteroatoms. The third-order valence-corrected chi connectivity index (χ3v) is 3.87. The standard InChI is InChI=1S/C21H37O/c1-3-4-5-6-7-8-9-10-11-12-13-14-15-16-17-18-19-20-21-22-2/h16-21H,2-15H2,1H3. The molecular weight excluding hydrogens is 268 g/mol. The molecule has 0 saturated carbocycles. The van der Waals surface area contributed by atoms with E-state index in [0.29, 0.717) is 0 Å². The summed E-state index contributed by atoms with van der Waals surface area (Å²) in [6.45, 7) is 2.28. The summed E-state index contributed by atoms with van der Waals surface area (Å²) in [6, 6.07) is 0. The van der Waals surface area contributed by atoms with Crippen LogP contribution in [0.4, 0.5) is 0 Å². The van der Waals surface area contributed by atoms with E-state index in [4.69, 9.17) is 0 Å². The highest BCUT2D eigenvalue weighted by Gasteiger charge is 1.92. The first kappa shape index (κ1) is 21.0. The average Bonchev–Trinajstić information content (AvgIpc) is 2.54. The van der Waals surface area contributed by atoms with E-state index in [9.17, 15) is 0 Å². The molecule has 0 atom stereocenters. The van der Waals surface area contributed by atoms with Gasteiger partial charge in [0.25, 0.3) is 0 Å². The van der Waals surface area contributed by atoms with Gasteiger partial charge in [-0.25, -0.2) is 0 Å². The van der Waals surface area contributed by atoms with Crippen LogP contribution >= 0.6 is 0 Å². The molecule has 0 spiro atoms. The Morgan fingerprint density at radius 3 is 1.68 bits per heavy atom. The van der Waals surface area contributed by atoms with Crippen molar-refractivity contribution in [3.63, 3.8) is 0 Å². The molecule has 0 saturated heterocycles. The van der Waals surface area contributed by atoms with Gasteiger partial charge in [-0.3, -0.25) is 0 Å². The van der Waals surface area contributed by atoms with Crippen molar-refractivity contribution in [1.29, 1.82) is 0 Å². The molecule has 1 nitrogen and oxygen atoms in total. The molecule has 0 rings (SSSR count). The van der Waals surface area contributed by atoms with Gasteiger partial charge in [0, 0.05) is 0 Å². The molecule has 0 aromatic heterocycles. The van der Waals surface area contributed by atoms with Crippen molar-refractivity contribution in [2.75, 3.05) is 0 Å². The molecule has 0 heterocycles. The maximum Gasteiger partial charge on any atom is 0.121 e. The summed E-state index contributed by atoms with van der Waals surface area (Å²) in [5.74, 6) is 0. The maximum absolute atomic E-state index is 4.56. The molecule has 0 bridgehead atoms. The Hall–Kier alpha value is -0.980. The monoisotopic (exact) mass is 305 g/mol. The Morgan fingerprint density at radius 1 is 0.636 bits per heavy atom. The van der Waals surface area contributed by atoms with Gasteiger partial charge in [0.05, 0.1) is 6.26 Å². The summed E-state index contributed by atoms with van der Waals surface area (Å²) in [7, 11) is 3.26. The third-order valence-electron chi connectivity index (χ3n) is 3.87. The van der Waals surface area contributed by atoms with Gasteiger partial charge in [-0.15, -0.1) is 0 Å². The summed E-state index contributed by atoms with van der Waals surface area (Å²) >= 11 is 0. The molecule has 0 aromatic rings. The maximum atomic E-state index is 4.56. The van der Waals surface area contributed by atoms with Crippen LogP contribution in [0.3, 0.4) is 0 Å². The zero-order chi connectivity index (χ0) is 16.1. The highest BCUT2D eigenvalue weighted by atomic mass is 16.5. The minimum Gasteiger partial charge on any atom is -0.498 e. The Labute approximate surface area is 139 Å². The number of ether oxygens (including phenoxy) is 1. The summed E-state index contributed by atoms with van der Waals surface area (Å²) in [6.07, 6.45) is 29.9. The van der Waals surface area contributed by atoms with Gasteiger partial charge < -0.3 is 4.74 Å². The van der Waals surface area contributed by atoms with Gasteiger partial charge in [0.2, 0.25) is 0 Å². The largest absolute Gasteiger partial charge is 0.498 e. The second-order valence-electron chi connectivity index (χ2n) is 5.99. The smallest absolute Gasteiger partial charge is 0.121 e. The number of hydrogen-bond donors (Lipinski definition) is 0. The lowest BCUT2D eigenvalue weighted by Gasteiger charge is -2.02. The quantitative estimate of drug-likeness (QED) is 0.163. The fourth-order valence-corrected chi connectivity index (χ4v) is 2.51. The van der Waals surface area contributed by atoms with Crippen LogP contribution in [0.1, 0.15) is 90.4 Å². The van der Waals surface area contributed by atoms with Crippen LogP contribution in [0.5, 0.6) is 0 Å². The Morgan fingerprint density at radius 2 is 1.14 bits per heavy atom. The summed E-state index contributed by atoms with van der Waals surface area (Å²) in [5.41, 5.74) is 0. The molecule has 0 aliphatic carbocycles. The first-order valence-electron chi connectivity index (χ1n) is 9.31. The van der Waals surface area contributed by atoms with Crippen molar-refractivity contribution in [2.24, 2.45) is 0 Å². The molecule has 0 aliphatic rings. The topological polar surface area (TPSA) is 9.23 Å². The molecule has 1 radical (unpaired) electrons. The van der Waals surface area contributed by atoms with Crippen molar-refractivity contribution in [2.45, 2.75) is 90.4 Å². The van der Waals surface area contributed by atoms with Crippen LogP contribution in [-0.4, -0.2) is 0 Å². The number of allylic oxidation sites excluding steroid dienone is 5. The highest BCUT2D eigenvalue weighted by molar-refractivity contribution is 5.09. The van der Waals surface area contributed by atoms with Gasteiger partial charge in [0.1, 0.15) is 7.11 Å². The molecule has 0 N–H and O–H groups in total. The molecule has 0 aromatic carbocycles. The first-order valence-corrected chi connectivity index (χ1v) is 9.31.